The van der Waals surface area contributed by atoms with Gasteiger partial charge in [-0.05, 0) is 70.8 Å². The summed E-state index contributed by atoms with van der Waals surface area (Å²) in [6.45, 7) is 10.9. The lowest BCUT2D eigenvalue weighted by Gasteiger charge is -2.17. The molecule has 1 aliphatic rings. The van der Waals surface area contributed by atoms with Gasteiger partial charge in [-0.15, -0.1) is 0 Å². The molecule has 1 aliphatic carbocycles. The maximum atomic E-state index is 12.9. The number of fused-ring (bicyclic) bond motifs is 3. The third kappa shape index (κ3) is 8.94. The van der Waals surface area contributed by atoms with Crippen molar-refractivity contribution in [1.82, 2.24) is 0 Å². The molecule has 0 radical (unpaired) electrons. The van der Waals surface area contributed by atoms with Gasteiger partial charge in [-0.25, -0.2) is 24.0 Å². The molecule has 0 saturated heterocycles. The van der Waals surface area contributed by atoms with Crippen LogP contribution in [0.3, 0.4) is 0 Å². The molecule has 0 heterocycles. The standard InChI is InChI=1S/C35H30O12/c1-5-31(36)42-19-26(45-33(38)7-3)18-41-23-10-8-22(9-11-23)34(39)46-24-12-14-27-28-15-13-25(17-30(28)21(4)29(27)16-24)47-35(40)44-20-43-32(37)6-2/h5-17,21,26H,1-3,18-20H2,4H3. The predicted octanol–water partition coefficient (Wildman–Crippen LogP) is 5.45. The molecule has 12 heteroatoms. The second-order valence-electron chi connectivity index (χ2n) is 9.82. The Bertz CT molecular complexity index is 1710. The van der Waals surface area contributed by atoms with Gasteiger partial charge in [0.2, 0.25) is 6.79 Å². The summed E-state index contributed by atoms with van der Waals surface area (Å²) in [5.41, 5.74) is 3.94. The topological polar surface area (TPSA) is 150 Å². The normalized spacial score (nSPS) is 13.0. The number of benzene rings is 3. The van der Waals surface area contributed by atoms with Crippen LogP contribution in [0, 0.1) is 0 Å². The lowest BCUT2D eigenvalue weighted by Crippen LogP contribution is -2.30. The molecule has 0 bridgehead atoms. The van der Waals surface area contributed by atoms with Gasteiger partial charge in [0.15, 0.2) is 6.10 Å². The molecular formula is C35H30O12. The van der Waals surface area contributed by atoms with Crippen molar-refractivity contribution < 1.29 is 57.1 Å². The Morgan fingerprint density at radius 3 is 1.83 bits per heavy atom. The molecular weight excluding hydrogens is 612 g/mol. The minimum absolute atomic E-state index is 0.113. The summed E-state index contributed by atoms with van der Waals surface area (Å²) in [5.74, 6) is -1.89. The van der Waals surface area contributed by atoms with E-state index in [0.717, 1.165) is 40.5 Å². The molecule has 0 amide bonds. The van der Waals surface area contributed by atoms with Gasteiger partial charge in [0, 0.05) is 24.1 Å². The van der Waals surface area contributed by atoms with Crippen LogP contribution in [0.25, 0.3) is 11.1 Å². The second kappa shape index (κ2) is 15.7. The molecule has 0 N–H and O–H groups in total. The van der Waals surface area contributed by atoms with Crippen molar-refractivity contribution in [2.75, 3.05) is 20.0 Å². The van der Waals surface area contributed by atoms with E-state index in [9.17, 15) is 24.0 Å². The number of rotatable bonds is 14. The van der Waals surface area contributed by atoms with Crippen LogP contribution in [0.4, 0.5) is 4.79 Å². The van der Waals surface area contributed by atoms with Gasteiger partial charge in [0.05, 0.1) is 5.56 Å². The van der Waals surface area contributed by atoms with Gasteiger partial charge in [-0.1, -0.05) is 38.8 Å². The van der Waals surface area contributed by atoms with E-state index < -0.39 is 42.9 Å². The molecule has 12 nitrogen and oxygen atoms in total. The Balaban J connectivity index is 1.35. The van der Waals surface area contributed by atoms with Crippen molar-refractivity contribution in [3.63, 3.8) is 0 Å². The maximum absolute atomic E-state index is 12.9. The largest absolute Gasteiger partial charge is 0.516 e. The molecule has 0 saturated carbocycles. The lowest BCUT2D eigenvalue weighted by molar-refractivity contribution is -0.154. The van der Waals surface area contributed by atoms with Crippen LogP contribution in [0.1, 0.15) is 34.3 Å². The highest BCUT2D eigenvalue weighted by atomic mass is 16.8. The van der Waals surface area contributed by atoms with E-state index in [1.165, 1.54) is 12.1 Å². The first-order chi connectivity index (χ1) is 22.6. The van der Waals surface area contributed by atoms with E-state index in [0.29, 0.717) is 11.5 Å². The highest BCUT2D eigenvalue weighted by molar-refractivity contribution is 5.91. The molecule has 0 aromatic heterocycles. The summed E-state index contributed by atoms with van der Waals surface area (Å²) in [6.07, 6.45) is 0.960. The average Bonchev–Trinajstić information content (AvgIpc) is 3.35. The fraction of sp³-hybridized carbons (Fsp3) is 0.171. The summed E-state index contributed by atoms with van der Waals surface area (Å²) >= 11 is 0. The minimum atomic E-state index is -1.04. The van der Waals surface area contributed by atoms with Crippen LogP contribution >= 0.6 is 0 Å². The molecule has 2 atom stereocenters. The molecule has 4 rings (SSSR count). The molecule has 47 heavy (non-hydrogen) atoms. The van der Waals surface area contributed by atoms with E-state index in [1.54, 1.807) is 36.4 Å². The monoisotopic (exact) mass is 642 g/mol. The van der Waals surface area contributed by atoms with Crippen molar-refractivity contribution in [3.8, 4) is 28.4 Å². The summed E-state index contributed by atoms with van der Waals surface area (Å²) in [5, 5.41) is 0. The fourth-order valence-corrected chi connectivity index (χ4v) is 4.51. The van der Waals surface area contributed by atoms with Crippen LogP contribution < -0.4 is 14.2 Å². The van der Waals surface area contributed by atoms with Crippen molar-refractivity contribution in [1.29, 1.82) is 0 Å². The zero-order chi connectivity index (χ0) is 33.9. The van der Waals surface area contributed by atoms with E-state index in [1.807, 2.05) is 19.1 Å². The molecule has 0 spiro atoms. The minimum Gasteiger partial charge on any atom is -0.490 e. The summed E-state index contributed by atoms with van der Waals surface area (Å²) in [7, 11) is 0. The molecule has 0 fully saturated rings. The van der Waals surface area contributed by atoms with Crippen molar-refractivity contribution >= 4 is 30.0 Å². The van der Waals surface area contributed by atoms with Crippen LogP contribution in [-0.2, 0) is 33.3 Å². The maximum Gasteiger partial charge on any atom is 0.516 e. The predicted molar refractivity (Wildman–Crippen MR) is 166 cm³/mol. The van der Waals surface area contributed by atoms with Crippen molar-refractivity contribution in [2.24, 2.45) is 0 Å². The first kappa shape index (κ1) is 33.7. The van der Waals surface area contributed by atoms with Gasteiger partial charge < -0.3 is 33.2 Å². The molecule has 2 unspecified atom stereocenters. The summed E-state index contributed by atoms with van der Waals surface area (Å²) < 4.78 is 35.9. The Morgan fingerprint density at radius 2 is 1.23 bits per heavy atom. The molecule has 242 valence electrons. The molecule has 0 aliphatic heterocycles. The van der Waals surface area contributed by atoms with Crippen LogP contribution in [0.15, 0.2) is 98.6 Å². The number of esters is 4. The Labute approximate surface area is 269 Å². The van der Waals surface area contributed by atoms with Crippen LogP contribution in [-0.4, -0.2) is 56.1 Å². The summed E-state index contributed by atoms with van der Waals surface area (Å²) in [6, 6.07) is 16.6. The number of carbonyl (C=O) groups is 5. The van der Waals surface area contributed by atoms with E-state index in [-0.39, 0.29) is 30.4 Å². The van der Waals surface area contributed by atoms with Crippen LogP contribution in [0.5, 0.6) is 17.2 Å². The average molecular weight is 643 g/mol. The van der Waals surface area contributed by atoms with Crippen LogP contribution in [0.2, 0.25) is 0 Å². The van der Waals surface area contributed by atoms with E-state index >= 15 is 0 Å². The number of ether oxygens (including phenoxy) is 7. The number of hydrogen-bond donors (Lipinski definition) is 0. The first-order valence-corrected chi connectivity index (χ1v) is 14.1. The van der Waals surface area contributed by atoms with E-state index in [4.69, 9.17) is 28.4 Å². The van der Waals surface area contributed by atoms with Crippen molar-refractivity contribution in [3.05, 3.63) is 115 Å². The fourth-order valence-electron chi connectivity index (χ4n) is 4.51. The third-order valence-electron chi connectivity index (χ3n) is 6.78. The third-order valence-corrected chi connectivity index (χ3v) is 6.78. The van der Waals surface area contributed by atoms with Gasteiger partial charge in [-0.3, -0.25) is 0 Å². The smallest absolute Gasteiger partial charge is 0.490 e. The number of carbonyl (C=O) groups excluding carboxylic acids is 5. The van der Waals surface area contributed by atoms with E-state index in [2.05, 4.69) is 24.5 Å². The summed E-state index contributed by atoms with van der Waals surface area (Å²) in [4.78, 5) is 59.0. The Kier molecular flexibility index (Phi) is 11.3. The molecule has 3 aromatic rings. The first-order valence-electron chi connectivity index (χ1n) is 14.1. The Hall–Kier alpha value is -6.17. The van der Waals surface area contributed by atoms with Gasteiger partial charge >= 0.3 is 30.0 Å². The highest BCUT2D eigenvalue weighted by Crippen LogP contribution is 2.47. The second-order valence-corrected chi connectivity index (χ2v) is 9.82. The Morgan fingerprint density at radius 1 is 0.681 bits per heavy atom. The zero-order valence-electron chi connectivity index (χ0n) is 25.3. The molecule has 3 aromatic carbocycles. The van der Waals surface area contributed by atoms with Crippen molar-refractivity contribution in [2.45, 2.75) is 18.9 Å². The number of hydrogen-bond acceptors (Lipinski definition) is 12. The van der Waals surface area contributed by atoms with Gasteiger partial charge in [-0.2, -0.15) is 0 Å². The highest BCUT2D eigenvalue weighted by Gasteiger charge is 2.27. The lowest BCUT2D eigenvalue weighted by atomic mass is 9.99. The zero-order valence-corrected chi connectivity index (χ0v) is 25.3. The van der Waals surface area contributed by atoms with Gasteiger partial charge in [0.25, 0.3) is 0 Å². The SMILES string of the molecule is C=CC(=O)OCOC(=O)Oc1ccc2c(c1)C(C)c1cc(OC(=O)c3ccc(OCC(COC(=O)C=C)OC(=O)C=C)cc3)ccc1-2. The quantitative estimate of drug-likeness (QED) is 0.0550. The van der Waals surface area contributed by atoms with Gasteiger partial charge in [0.1, 0.15) is 30.5 Å².